The largest absolute Gasteiger partial charge is 0.469 e. The summed E-state index contributed by atoms with van der Waals surface area (Å²) in [7, 11) is 1.33. The molecule has 1 fully saturated rings. The highest BCUT2D eigenvalue weighted by Gasteiger charge is 2.35. The lowest BCUT2D eigenvalue weighted by Crippen LogP contribution is -2.25. The van der Waals surface area contributed by atoms with E-state index in [4.69, 9.17) is 0 Å². The fraction of sp³-hybridized carbons (Fsp3) is 0.444. The van der Waals surface area contributed by atoms with Gasteiger partial charge in [0.05, 0.1) is 24.9 Å². The van der Waals surface area contributed by atoms with Crippen LogP contribution >= 0.6 is 0 Å². The molecule has 80 valence electrons. The monoisotopic (exact) mass is 209 g/mol. The van der Waals surface area contributed by atoms with Crippen molar-refractivity contribution < 1.29 is 14.3 Å². The second-order valence-electron chi connectivity index (χ2n) is 3.39. The minimum atomic E-state index is -0.364. The third-order valence-corrected chi connectivity index (χ3v) is 2.46. The lowest BCUT2D eigenvalue weighted by Gasteiger charge is -2.12. The fourth-order valence-corrected chi connectivity index (χ4v) is 1.67. The van der Waals surface area contributed by atoms with Crippen LogP contribution in [0, 0.1) is 5.92 Å². The summed E-state index contributed by atoms with van der Waals surface area (Å²) in [6.07, 6.45) is 3.38. The molecule has 6 heteroatoms. The molecule has 0 aliphatic carbocycles. The predicted octanol–water partition coefficient (Wildman–Crippen LogP) is -0.0644. The lowest BCUT2D eigenvalue weighted by atomic mass is 10.1. The number of hydrogen-bond donors (Lipinski definition) is 1. The van der Waals surface area contributed by atoms with Crippen molar-refractivity contribution in [3.8, 4) is 0 Å². The van der Waals surface area contributed by atoms with Crippen molar-refractivity contribution >= 4 is 17.6 Å². The van der Waals surface area contributed by atoms with Crippen LogP contribution in [-0.4, -0.2) is 35.7 Å². The van der Waals surface area contributed by atoms with E-state index in [9.17, 15) is 9.59 Å². The zero-order chi connectivity index (χ0) is 10.8. The zero-order valence-electron chi connectivity index (χ0n) is 8.27. The first-order valence-corrected chi connectivity index (χ1v) is 4.59. The van der Waals surface area contributed by atoms with E-state index < -0.39 is 0 Å². The summed E-state index contributed by atoms with van der Waals surface area (Å²) in [4.78, 5) is 24.4. The van der Waals surface area contributed by atoms with E-state index in [2.05, 4.69) is 14.9 Å². The van der Waals surface area contributed by atoms with Gasteiger partial charge in [-0.25, -0.2) is 0 Å². The number of carbonyl (C=O) groups excluding carboxylic acids is 2. The highest BCUT2D eigenvalue weighted by molar-refractivity contribution is 5.99. The van der Waals surface area contributed by atoms with Crippen LogP contribution < -0.4 is 4.90 Å². The van der Waals surface area contributed by atoms with Crippen molar-refractivity contribution in [2.24, 2.45) is 5.92 Å². The number of hydrogen-bond acceptors (Lipinski definition) is 4. The van der Waals surface area contributed by atoms with Gasteiger partial charge in [-0.05, 0) is 0 Å². The average Bonchev–Trinajstić information content (AvgIpc) is 2.84. The molecule has 1 amide bonds. The minimum Gasteiger partial charge on any atom is -0.469 e. The van der Waals surface area contributed by atoms with Crippen molar-refractivity contribution in [1.29, 1.82) is 0 Å². The summed E-state index contributed by atoms with van der Waals surface area (Å²) >= 11 is 0. The molecule has 1 aromatic rings. The number of anilines is 1. The SMILES string of the molecule is COC(=O)C1CC(=O)N(c2cn[nH]c2)C1. The molecule has 1 saturated heterocycles. The van der Waals surface area contributed by atoms with Gasteiger partial charge in [0.25, 0.3) is 0 Å². The quantitative estimate of drug-likeness (QED) is 0.692. The number of methoxy groups -OCH3 is 1. The van der Waals surface area contributed by atoms with E-state index in [1.165, 1.54) is 12.0 Å². The van der Waals surface area contributed by atoms with Gasteiger partial charge in [-0.3, -0.25) is 14.7 Å². The van der Waals surface area contributed by atoms with Crippen molar-refractivity contribution in [2.75, 3.05) is 18.6 Å². The van der Waals surface area contributed by atoms with Gasteiger partial charge in [0.15, 0.2) is 0 Å². The number of amides is 1. The smallest absolute Gasteiger partial charge is 0.311 e. The summed E-state index contributed by atoms with van der Waals surface area (Å²) in [5.74, 6) is -0.779. The number of H-pyrrole nitrogens is 1. The molecular weight excluding hydrogens is 198 g/mol. The fourth-order valence-electron chi connectivity index (χ4n) is 1.67. The van der Waals surface area contributed by atoms with Gasteiger partial charge in [0, 0.05) is 19.2 Å². The molecule has 1 aliphatic rings. The maximum atomic E-state index is 11.6. The molecule has 0 saturated carbocycles. The van der Waals surface area contributed by atoms with Gasteiger partial charge >= 0.3 is 5.97 Å². The molecule has 6 nitrogen and oxygen atoms in total. The van der Waals surface area contributed by atoms with Gasteiger partial charge in [0.1, 0.15) is 0 Å². The van der Waals surface area contributed by atoms with E-state index >= 15 is 0 Å². The summed E-state index contributed by atoms with van der Waals surface area (Å²) in [6.45, 7) is 0.366. The Labute approximate surface area is 86.2 Å². The lowest BCUT2D eigenvalue weighted by molar-refractivity contribution is -0.145. The summed E-state index contributed by atoms with van der Waals surface area (Å²) in [5, 5.41) is 6.38. The molecule has 0 radical (unpaired) electrons. The van der Waals surface area contributed by atoms with Crippen LogP contribution in [0.5, 0.6) is 0 Å². The molecule has 15 heavy (non-hydrogen) atoms. The first-order valence-electron chi connectivity index (χ1n) is 4.59. The minimum absolute atomic E-state index is 0.0770. The number of rotatable bonds is 2. The van der Waals surface area contributed by atoms with Gasteiger partial charge < -0.3 is 9.64 Å². The van der Waals surface area contributed by atoms with Gasteiger partial charge in [0.2, 0.25) is 5.91 Å². The molecule has 0 spiro atoms. The molecule has 0 aromatic carbocycles. The summed E-state index contributed by atoms with van der Waals surface area (Å²) in [6, 6.07) is 0. The first-order chi connectivity index (χ1) is 7.22. The Kier molecular flexibility index (Phi) is 2.40. The van der Waals surface area contributed by atoms with Crippen LogP contribution in [0.25, 0.3) is 0 Å². The van der Waals surface area contributed by atoms with E-state index in [1.54, 1.807) is 12.4 Å². The standard InChI is InChI=1S/C9H11N3O3/c1-15-9(14)6-2-8(13)12(5-6)7-3-10-11-4-7/h3-4,6H,2,5H2,1H3,(H,10,11). The van der Waals surface area contributed by atoms with Crippen LogP contribution in [0.4, 0.5) is 5.69 Å². The molecule has 1 aromatic heterocycles. The molecule has 1 atom stereocenters. The predicted molar refractivity (Wildman–Crippen MR) is 51.1 cm³/mol. The highest BCUT2D eigenvalue weighted by Crippen LogP contribution is 2.24. The second kappa shape index (κ2) is 3.72. The molecule has 1 aliphatic heterocycles. The number of aromatic amines is 1. The molecule has 0 bridgehead atoms. The Hall–Kier alpha value is -1.85. The normalized spacial score (nSPS) is 20.7. The Morgan fingerprint density at radius 1 is 1.73 bits per heavy atom. The number of esters is 1. The number of ether oxygens (including phenoxy) is 1. The highest BCUT2D eigenvalue weighted by atomic mass is 16.5. The number of aromatic nitrogens is 2. The molecule has 2 rings (SSSR count). The third-order valence-electron chi connectivity index (χ3n) is 2.46. The number of carbonyl (C=O) groups is 2. The van der Waals surface area contributed by atoms with Crippen molar-refractivity contribution in [2.45, 2.75) is 6.42 Å². The van der Waals surface area contributed by atoms with Crippen LogP contribution in [0.15, 0.2) is 12.4 Å². The third kappa shape index (κ3) is 1.70. The Morgan fingerprint density at radius 2 is 2.53 bits per heavy atom. The number of nitrogens with one attached hydrogen (secondary N) is 1. The maximum Gasteiger partial charge on any atom is 0.311 e. The topological polar surface area (TPSA) is 75.3 Å². The van der Waals surface area contributed by atoms with E-state index in [0.29, 0.717) is 12.2 Å². The Balaban J connectivity index is 2.11. The van der Waals surface area contributed by atoms with E-state index in [1.807, 2.05) is 0 Å². The second-order valence-corrected chi connectivity index (χ2v) is 3.39. The zero-order valence-corrected chi connectivity index (χ0v) is 8.27. The van der Waals surface area contributed by atoms with Crippen molar-refractivity contribution in [1.82, 2.24) is 10.2 Å². The van der Waals surface area contributed by atoms with Crippen LogP contribution in [0.2, 0.25) is 0 Å². The molecular formula is C9H11N3O3. The number of nitrogens with zero attached hydrogens (tertiary/aromatic N) is 2. The van der Waals surface area contributed by atoms with E-state index in [0.717, 1.165) is 0 Å². The van der Waals surface area contributed by atoms with Crippen LogP contribution in [-0.2, 0) is 14.3 Å². The first kappa shape index (κ1) is 9.70. The maximum absolute atomic E-state index is 11.6. The van der Waals surface area contributed by atoms with Crippen molar-refractivity contribution in [3.63, 3.8) is 0 Å². The van der Waals surface area contributed by atoms with Crippen molar-refractivity contribution in [3.05, 3.63) is 12.4 Å². The van der Waals surface area contributed by atoms with Crippen LogP contribution in [0.1, 0.15) is 6.42 Å². The Morgan fingerprint density at radius 3 is 3.13 bits per heavy atom. The van der Waals surface area contributed by atoms with E-state index in [-0.39, 0.29) is 24.2 Å². The van der Waals surface area contributed by atoms with Crippen LogP contribution in [0.3, 0.4) is 0 Å². The summed E-state index contributed by atoms with van der Waals surface area (Å²) in [5.41, 5.74) is 0.686. The van der Waals surface area contributed by atoms with Gasteiger partial charge in [-0.15, -0.1) is 0 Å². The molecule has 1 unspecified atom stereocenters. The summed E-state index contributed by atoms with van der Waals surface area (Å²) < 4.78 is 4.61. The van der Waals surface area contributed by atoms with Gasteiger partial charge in [-0.2, -0.15) is 5.10 Å². The molecule has 1 N–H and O–H groups in total. The molecule has 2 heterocycles. The van der Waals surface area contributed by atoms with Gasteiger partial charge in [-0.1, -0.05) is 0 Å². The Bertz CT molecular complexity index is 374. The average molecular weight is 209 g/mol.